The Morgan fingerprint density at radius 3 is 2.86 bits per heavy atom. The summed E-state index contributed by atoms with van der Waals surface area (Å²) in [5.41, 5.74) is 3.05. The van der Waals surface area contributed by atoms with E-state index in [0.29, 0.717) is 38.2 Å². The van der Waals surface area contributed by atoms with Crippen LogP contribution in [-0.4, -0.2) is 11.1 Å². The Labute approximate surface area is 171 Å². The van der Waals surface area contributed by atoms with Gasteiger partial charge in [-0.1, -0.05) is 41.4 Å². The van der Waals surface area contributed by atoms with Gasteiger partial charge in [0.25, 0.3) is 5.91 Å². The van der Waals surface area contributed by atoms with Crippen LogP contribution in [0.3, 0.4) is 0 Å². The summed E-state index contributed by atoms with van der Waals surface area (Å²) in [5, 5.41) is 17.7. The van der Waals surface area contributed by atoms with Gasteiger partial charge in [-0.25, -0.2) is 0 Å². The molecule has 0 aliphatic heterocycles. The Morgan fingerprint density at radius 2 is 2.07 bits per heavy atom. The van der Waals surface area contributed by atoms with Gasteiger partial charge < -0.3 is 9.84 Å². The maximum atomic E-state index is 13.1. The molecule has 2 heterocycles. The third-order valence-corrected chi connectivity index (χ3v) is 6.52. The summed E-state index contributed by atoms with van der Waals surface area (Å²) in [6, 6.07) is 9.47. The largest absolute Gasteiger partial charge is 0.360 e. The summed E-state index contributed by atoms with van der Waals surface area (Å²) in [6.45, 7) is 1.69. The van der Waals surface area contributed by atoms with Crippen LogP contribution in [0.1, 0.15) is 51.4 Å². The van der Waals surface area contributed by atoms with Gasteiger partial charge in [0.05, 0.1) is 10.6 Å². The van der Waals surface area contributed by atoms with Crippen molar-refractivity contribution in [3.63, 3.8) is 0 Å². The van der Waals surface area contributed by atoms with E-state index in [-0.39, 0.29) is 5.91 Å². The van der Waals surface area contributed by atoms with Crippen LogP contribution < -0.4 is 5.32 Å². The number of hydrogen-bond donors (Lipinski definition) is 1. The Balaban J connectivity index is 1.71. The number of anilines is 1. The number of aromatic nitrogens is 1. The summed E-state index contributed by atoms with van der Waals surface area (Å²) in [4.78, 5) is 14.3. The van der Waals surface area contributed by atoms with Crippen molar-refractivity contribution < 1.29 is 9.32 Å². The number of carbonyl (C=O) groups excluding carboxylic acids is 1. The van der Waals surface area contributed by atoms with Crippen LogP contribution in [0, 0.1) is 18.3 Å². The maximum Gasteiger partial charge on any atom is 0.262 e. The van der Waals surface area contributed by atoms with Crippen LogP contribution in [0.2, 0.25) is 5.02 Å². The zero-order valence-electron chi connectivity index (χ0n) is 15.3. The van der Waals surface area contributed by atoms with Gasteiger partial charge in [0.2, 0.25) is 0 Å². The van der Waals surface area contributed by atoms with Crippen molar-refractivity contribution in [1.82, 2.24) is 5.16 Å². The van der Waals surface area contributed by atoms with E-state index in [1.54, 1.807) is 19.1 Å². The van der Waals surface area contributed by atoms with E-state index in [1.165, 1.54) is 22.6 Å². The van der Waals surface area contributed by atoms with E-state index in [9.17, 15) is 10.1 Å². The van der Waals surface area contributed by atoms with Crippen molar-refractivity contribution in [3.8, 4) is 17.3 Å². The molecule has 4 rings (SSSR count). The second-order valence-electron chi connectivity index (χ2n) is 6.78. The molecule has 28 heavy (non-hydrogen) atoms. The second kappa shape index (κ2) is 7.78. The minimum atomic E-state index is -0.346. The number of halogens is 1. The number of thiophene rings is 1. The molecule has 0 radical (unpaired) electrons. The lowest BCUT2D eigenvalue weighted by Gasteiger charge is -2.06. The van der Waals surface area contributed by atoms with Gasteiger partial charge in [0.1, 0.15) is 28.1 Å². The number of benzene rings is 1. The first-order valence-corrected chi connectivity index (χ1v) is 10.4. The van der Waals surface area contributed by atoms with Crippen LogP contribution in [0.25, 0.3) is 11.3 Å². The van der Waals surface area contributed by atoms with E-state index in [0.717, 1.165) is 31.2 Å². The third-order valence-electron chi connectivity index (χ3n) is 4.98. The SMILES string of the molecule is Cc1onc(-c2ccccc2Cl)c1C(=O)Nc1sc2c(c1C#N)CCCCC2. The van der Waals surface area contributed by atoms with Crippen LogP contribution in [-0.2, 0) is 12.8 Å². The molecular weight excluding hydrogens is 394 g/mol. The van der Waals surface area contributed by atoms with E-state index in [2.05, 4.69) is 16.5 Å². The smallest absolute Gasteiger partial charge is 0.262 e. The minimum Gasteiger partial charge on any atom is -0.360 e. The molecule has 142 valence electrons. The zero-order chi connectivity index (χ0) is 19.7. The minimum absolute atomic E-state index is 0.334. The molecule has 0 unspecified atom stereocenters. The molecule has 0 atom stereocenters. The van der Waals surface area contributed by atoms with Gasteiger partial charge in [-0.3, -0.25) is 4.79 Å². The lowest BCUT2D eigenvalue weighted by molar-refractivity contribution is 0.102. The molecule has 7 heteroatoms. The highest BCUT2D eigenvalue weighted by Gasteiger charge is 2.26. The average molecular weight is 412 g/mol. The molecule has 2 aromatic heterocycles. The molecule has 1 aromatic carbocycles. The van der Waals surface area contributed by atoms with Crippen LogP contribution in [0.5, 0.6) is 0 Å². The summed E-state index contributed by atoms with van der Waals surface area (Å²) in [7, 11) is 0. The molecule has 3 aromatic rings. The highest BCUT2D eigenvalue weighted by molar-refractivity contribution is 7.16. The van der Waals surface area contributed by atoms with Gasteiger partial charge in [-0.05, 0) is 44.2 Å². The zero-order valence-corrected chi connectivity index (χ0v) is 16.9. The molecule has 1 aliphatic carbocycles. The molecule has 1 N–H and O–H groups in total. The number of carbonyl (C=O) groups is 1. The number of rotatable bonds is 3. The second-order valence-corrected chi connectivity index (χ2v) is 8.29. The van der Waals surface area contributed by atoms with Crippen LogP contribution in [0.15, 0.2) is 28.8 Å². The number of fused-ring (bicyclic) bond motifs is 1. The predicted octanol–water partition coefficient (Wildman–Crippen LogP) is 5.76. The Bertz CT molecular complexity index is 1090. The van der Waals surface area contributed by atoms with Crippen molar-refractivity contribution in [2.24, 2.45) is 0 Å². The number of aryl methyl sites for hydroxylation is 2. The first-order chi connectivity index (χ1) is 13.6. The molecule has 1 amide bonds. The summed E-state index contributed by atoms with van der Waals surface area (Å²) in [6.07, 6.45) is 5.22. The Morgan fingerprint density at radius 1 is 1.29 bits per heavy atom. The molecular formula is C21H18ClN3O2S. The van der Waals surface area contributed by atoms with Gasteiger partial charge in [0, 0.05) is 10.4 Å². The molecule has 0 spiro atoms. The van der Waals surface area contributed by atoms with Crippen molar-refractivity contribution in [2.45, 2.75) is 39.0 Å². The van der Waals surface area contributed by atoms with E-state index in [1.807, 2.05) is 12.1 Å². The number of nitriles is 1. The standard InChI is InChI=1S/C21H18ClN3O2S/c1-12-18(19(25-27-12)14-8-5-6-9-16(14)22)20(26)24-21-15(11-23)13-7-3-2-4-10-17(13)28-21/h5-6,8-9H,2-4,7,10H2,1H3,(H,24,26). The number of amides is 1. The first kappa shape index (κ1) is 18.7. The van der Waals surface area contributed by atoms with Crippen molar-refractivity contribution in [1.29, 1.82) is 5.26 Å². The van der Waals surface area contributed by atoms with E-state index < -0.39 is 0 Å². The molecule has 0 bridgehead atoms. The molecule has 1 aliphatic rings. The molecule has 0 fully saturated rings. The quantitative estimate of drug-likeness (QED) is 0.556. The number of nitrogens with one attached hydrogen (secondary N) is 1. The first-order valence-electron chi connectivity index (χ1n) is 9.17. The maximum absolute atomic E-state index is 13.1. The van der Waals surface area contributed by atoms with E-state index >= 15 is 0 Å². The summed E-state index contributed by atoms with van der Waals surface area (Å²) < 4.78 is 5.29. The van der Waals surface area contributed by atoms with Crippen molar-refractivity contribution >= 4 is 33.8 Å². The third kappa shape index (κ3) is 3.32. The van der Waals surface area contributed by atoms with Crippen molar-refractivity contribution in [3.05, 3.63) is 56.6 Å². The molecule has 5 nitrogen and oxygen atoms in total. The number of nitrogens with zero attached hydrogens (tertiary/aromatic N) is 2. The normalized spacial score (nSPS) is 13.5. The van der Waals surface area contributed by atoms with Gasteiger partial charge in [-0.15, -0.1) is 11.3 Å². The lowest BCUT2D eigenvalue weighted by Crippen LogP contribution is -2.13. The Kier molecular flexibility index (Phi) is 5.21. The fraction of sp³-hybridized carbons (Fsp3) is 0.286. The summed E-state index contributed by atoms with van der Waals surface area (Å²) >= 11 is 7.79. The lowest BCUT2D eigenvalue weighted by atomic mass is 10.0. The van der Waals surface area contributed by atoms with Crippen molar-refractivity contribution in [2.75, 3.05) is 5.32 Å². The highest BCUT2D eigenvalue weighted by Crippen LogP contribution is 2.38. The highest BCUT2D eigenvalue weighted by atomic mass is 35.5. The average Bonchev–Trinajstić information content (AvgIpc) is 3.13. The topological polar surface area (TPSA) is 78.9 Å². The van der Waals surface area contributed by atoms with Gasteiger partial charge in [0.15, 0.2) is 0 Å². The van der Waals surface area contributed by atoms with Crippen LogP contribution in [0.4, 0.5) is 5.00 Å². The molecule has 0 saturated carbocycles. The van der Waals surface area contributed by atoms with Crippen LogP contribution >= 0.6 is 22.9 Å². The van der Waals surface area contributed by atoms with Gasteiger partial charge >= 0.3 is 0 Å². The fourth-order valence-corrected chi connectivity index (χ4v) is 5.05. The van der Waals surface area contributed by atoms with E-state index in [4.69, 9.17) is 16.1 Å². The summed E-state index contributed by atoms with van der Waals surface area (Å²) in [5.74, 6) is 0.0608. The predicted molar refractivity (Wildman–Crippen MR) is 110 cm³/mol. The molecule has 0 saturated heterocycles. The monoisotopic (exact) mass is 411 g/mol. The van der Waals surface area contributed by atoms with Gasteiger partial charge in [-0.2, -0.15) is 5.26 Å². The number of hydrogen-bond acceptors (Lipinski definition) is 5. The Hall–Kier alpha value is -2.62. The fourth-order valence-electron chi connectivity index (χ4n) is 3.59.